The fourth-order valence-corrected chi connectivity index (χ4v) is 2.17. The number of fused-ring (bicyclic) bond motifs is 2. The molecule has 0 aliphatic heterocycles. The standard InChI is InChI=1S/C14H14N4/c15-4-9-1-10-2-13-11(3-14(10)18-6-9)7-17-8-12(13)5-16/h1-3,6-8H,4-5,15-16H2. The van der Waals surface area contributed by atoms with Crippen LogP contribution in [0.2, 0.25) is 0 Å². The first-order valence-electron chi connectivity index (χ1n) is 5.87. The summed E-state index contributed by atoms with van der Waals surface area (Å²) in [5.74, 6) is 0. The second-order valence-corrected chi connectivity index (χ2v) is 4.32. The van der Waals surface area contributed by atoms with Gasteiger partial charge in [-0.15, -0.1) is 0 Å². The number of nitrogens with two attached hydrogens (primary N) is 2. The first kappa shape index (κ1) is 11.1. The first-order valence-corrected chi connectivity index (χ1v) is 5.87. The second kappa shape index (κ2) is 4.33. The highest BCUT2D eigenvalue weighted by molar-refractivity contribution is 5.97. The van der Waals surface area contributed by atoms with Gasteiger partial charge in [0.15, 0.2) is 0 Å². The highest BCUT2D eigenvalue weighted by Crippen LogP contribution is 2.24. The molecule has 0 saturated carbocycles. The average molecular weight is 238 g/mol. The number of aromatic nitrogens is 2. The number of benzene rings is 1. The van der Waals surface area contributed by atoms with Gasteiger partial charge < -0.3 is 11.5 Å². The van der Waals surface area contributed by atoms with E-state index >= 15 is 0 Å². The summed E-state index contributed by atoms with van der Waals surface area (Å²) in [4.78, 5) is 8.62. The molecule has 0 atom stereocenters. The molecule has 18 heavy (non-hydrogen) atoms. The van der Waals surface area contributed by atoms with Crippen LogP contribution in [0.15, 0.2) is 36.8 Å². The Labute approximate surface area is 105 Å². The fraction of sp³-hybridized carbons (Fsp3) is 0.143. The summed E-state index contributed by atoms with van der Waals surface area (Å²) in [5.41, 5.74) is 14.4. The van der Waals surface area contributed by atoms with Gasteiger partial charge in [0.2, 0.25) is 0 Å². The maximum absolute atomic E-state index is 5.74. The lowest BCUT2D eigenvalue weighted by molar-refractivity contribution is 1.06. The Kier molecular flexibility index (Phi) is 2.66. The van der Waals surface area contributed by atoms with E-state index in [2.05, 4.69) is 22.1 Å². The smallest absolute Gasteiger partial charge is 0.0709 e. The molecule has 3 rings (SSSR count). The van der Waals surface area contributed by atoms with Crippen molar-refractivity contribution in [3.8, 4) is 0 Å². The monoisotopic (exact) mass is 238 g/mol. The van der Waals surface area contributed by atoms with Gasteiger partial charge in [0, 0.05) is 42.5 Å². The molecule has 4 N–H and O–H groups in total. The van der Waals surface area contributed by atoms with Gasteiger partial charge in [-0.2, -0.15) is 0 Å². The summed E-state index contributed by atoms with van der Waals surface area (Å²) in [6, 6.07) is 6.22. The van der Waals surface area contributed by atoms with Crippen molar-refractivity contribution in [3.05, 3.63) is 47.9 Å². The molecular formula is C14H14N4. The van der Waals surface area contributed by atoms with Crippen molar-refractivity contribution in [2.24, 2.45) is 11.5 Å². The Hall–Kier alpha value is -2.04. The van der Waals surface area contributed by atoms with E-state index in [4.69, 9.17) is 11.5 Å². The van der Waals surface area contributed by atoms with E-state index in [1.807, 2.05) is 24.7 Å². The van der Waals surface area contributed by atoms with Crippen LogP contribution < -0.4 is 11.5 Å². The van der Waals surface area contributed by atoms with Crippen molar-refractivity contribution in [1.82, 2.24) is 9.97 Å². The van der Waals surface area contributed by atoms with E-state index in [0.29, 0.717) is 13.1 Å². The Balaban J connectivity index is 2.36. The van der Waals surface area contributed by atoms with Crippen molar-refractivity contribution in [2.45, 2.75) is 13.1 Å². The highest BCUT2D eigenvalue weighted by atomic mass is 14.7. The van der Waals surface area contributed by atoms with E-state index in [1.165, 1.54) is 0 Å². The van der Waals surface area contributed by atoms with E-state index in [9.17, 15) is 0 Å². The van der Waals surface area contributed by atoms with Crippen LogP contribution in [-0.2, 0) is 13.1 Å². The summed E-state index contributed by atoms with van der Waals surface area (Å²) < 4.78 is 0. The van der Waals surface area contributed by atoms with Crippen LogP contribution in [0.5, 0.6) is 0 Å². The topological polar surface area (TPSA) is 77.8 Å². The lowest BCUT2D eigenvalue weighted by atomic mass is 10.0. The van der Waals surface area contributed by atoms with E-state index in [1.54, 1.807) is 0 Å². The summed E-state index contributed by atoms with van der Waals surface area (Å²) in [6.07, 6.45) is 5.47. The molecule has 0 bridgehead atoms. The quantitative estimate of drug-likeness (QED) is 0.666. The number of hydrogen-bond acceptors (Lipinski definition) is 4. The van der Waals surface area contributed by atoms with Crippen LogP contribution in [0.1, 0.15) is 11.1 Å². The molecule has 0 aliphatic rings. The van der Waals surface area contributed by atoms with Crippen molar-refractivity contribution in [3.63, 3.8) is 0 Å². The molecule has 0 spiro atoms. The van der Waals surface area contributed by atoms with Crippen molar-refractivity contribution < 1.29 is 0 Å². The summed E-state index contributed by atoms with van der Waals surface area (Å²) >= 11 is 0. The summed E-state index contributed by atoms with van der Waals surface area (Å²) in [7, 11) is 0. The molecule has 1 aromatic carbocycles. The van der Waals surface area contributed by atoms with Crippen molar-refractivity contribution >= 4 is 21.7 Å². The van der Waals surface area contributed by atoms with Crippen molar-refractivity contribution in [2.75, 3.05) is 0 Å². The van der Waals surface area contributed by atoms with Crippen LogP contribution in [0.25, 0.3) is 21.7 Å². The van der Waals surface area contributed by atoms with Crippen LogP contribution in [0.3, 0.4) is 0 Å². The molecule has 2 aromatic heterocycles. The zero-order valence-electron chi connectivity index (χ0n) is 9.93. The maximum Gasteiger partial charge on any atom is 0.0709 e. The third-order valence-corrected chi connectivity index (χ3v) is 3.15. The van der Waals surface area contributed by atoms with Gasteiger partial charge in [-0.25, -0.2) is 0 Å². The minimum atomic E-state index is 0.486. The van der Waals surface area contributed by atoms with E-state index in [-0.39, 0.29) is 0 Å². The lowest BCUT2D eigenvalue weighted by Gasteiger charge is -2.06. The zero-order chi connectivity index (χ0) is 12.5. The SMILES string of the molecule is NCc1cnc2cc3cncc(CN)c3cc2c1. The molecule has 0 fully saturated rings. The Morgan fingerprint density at radius 2 is 1.78 bits per heavy atom. The lowest BCUT2D eigenvalue weighted by Crippen LogP contribution is -1.99. The second-order valence-electron chi connectivity index (χ2n) is 4.32. The number of pyridine rings is 2. The molecule has 3 aromatic rings. The number of nitrogens with zero attached hydrogens (tertiary/aromatic N) is 2. The molecule has 0 amide bonds. The molecule has 0 aliphatic carbocycles. The van der Waals surface area contributed by atoms with Gasteiger partial charge in [0.05, 0.1) is 5.52 Å². The molecule has 2 heterocycles. The molecule has 0 unspecified atom stereocenters. The van der Waals surface area contributed by atoms with E-state index < -0.39 is 0 Å². The summed E-state index contributed by atoms with van der Waals surface area (Å²) in [6.45, 7) is 0.987. The number of rotatable bonds is 2. The Bertz CT molecular complexity index is 721. The predicted molar refractivity (Wildman–Crippen MR) is 72.8 cm³/mol. The third kappa shape index (κ3) is 1.72. The normalized spacial score (nSPS) is 11.2. The minimum absolute atomic E-state index is 0.486. The molecule has 4 heteroatoms. The van der Waals surface area contributed by atoms with Gasteiger partial charge in [-0.1, -0.05) is 0 Å². The van der Waals surface area contributed by atoms with Crippen LogP contribution >= 0.6 is 0 Å². The number of hydrogen-bond donors (Lipinski definition) is 2. The molecule has 0 saturated heterocycles. The minimum Gasteiger partial charge on any atom is -0.326 e. The van der Waals surface area contributed by atoms with Gasteiger partial charge in [-0.05, 0) is 34.7 Å². The summed E-state index contributed by atoms with van der Waals surface area (Å²) in [5, 5.41) is 3.29. The molecule has 4 nitrogen and oxygen atoms in total. The Morgan fingerprint density at radius 3 is 2.56 bits per heavy atom. The van der Waals surface area contributed by atoms with Gasteiger partial charge in [0.1, 0.15) is 0 Å². The predicted octanol–water partition coefficient (Wildman–Crippen LogP) is 1.70. The maximum atomic E-state index is 5.74. The molecule has 90 valence electrons. The fourth-order valence-electron chi connectivity index (χ4n) is 2.17. The van der Waals surface area contributed by atoms with E-state index in [0.717, 1.165) is 32.8 Å². The zero-order valence-corrected chi connectivity index (χ0v) is 9.93. The largest absolute Gasteiger partial charge is 0.326 e. The van der Waals surface area contributed by atoms with Crippen LogP contribution in [0.4, 0.5) is 0 Å². The Morgan fingerprint density at radius 1 is 0.889 bits per heavy atom. The van der Waals surface area contributed by atoms with Crippen LogP contribution in [0, 0.1) is 0 Å². The average Bonchev–Trinajstić information content (AvgIpc) is 2.43. The van der Waals surface area contributed by atoms with Gasteiger partial charge in [-0.3, -0.25) is 9.97 Å². The highest BCUT2D eigenvalue weighted by Gasteiger charge is 2.04. The first-order chi connectivity index (χ1) is 8.81. The van der Waals surface area contributed by atoms with Crippen molar-refractivity contribution in [1.29, 1.82) is 0 Å². The van der Waals surface area contributed by atoms with Gasteiger partial charge >= 0.3 is 0 Å². The van der Waals surface area contributed by atoms with Crippen LogP contribution in [-0.4, -0.2) is 9.97 Å². The molecular weight excluding hydrogens is 224 g/mol. The molecule has 0 radical (unpaired) electrons. The third-order valence-electron chi connectivity index (χ3n) is 3.15. The van der Waals surface area contributed by atoms with Gasteiger partial charge in [0.25, 0.3) is 0 Å².